The average Bonchev–Trinajstić information content (AvgIpc) is 2.76. The Morgan fingerprint density at radius 1 is 1.24 bits per heavy atom. The molecule has 0 N–H and O–H groups in total. The van der Waals surface area contributed by atoms with Gasteiger partial charge in [0.1, 0.15) is 5.75 Å². The largest absolute Gasteiger partial charge is 0.496 e. The third kappa shape index (κ3) is 3.44. The van der Waals surface area contributed by atoms with Crippen molar-refractivity contribution in [2.75, 3.05) is 20.5 Å². The SMILES string of the molecule is COC(=O)Cc1c(C)n(S(C)(=O)=O)c2cc(C(F)(F)F)c(OC)cc12. The van der Waals surface area contributed by atoms with Gasteiger partial charge in [0.2, 0.25) is 10.0 Å². The van der Waals surface area contributed by atoms with Crippen LogP contribution < -0.4 is 4.74 Å². The van der Waals surface area contributed by atoms with Gasteiger partial charge in [-0.05, 0) is 24.6 Å². The predicted octanol–water partition coefficient (Wildman–Crippen LogP) is 2.50. The van der Waals surface area contributed by atoms with Crippen molar-refractivity contribution in [2.45, 2.75) is 19.5 Å². The fourth-order valence-corrected chi connectivity index (χ4v) is 3.85. The lowest BCUT2D eigenvalue weighted by atomic mass is 10.0. The Morgan fingerprint density at radius 3 is 2.28 bits per heavy atom. The van der Waals surface area contributed by atoms with Crippen LogP contribution in [-0.2, 0) is 32.2 Å². The molecule has 1 aromatic heterocycles. The van der Waals surface area contributed by atoms with E-state index in [1.165, 1.54) is 6.92 Å². The van der Waals surface area contributed by atoms with Gasteiger partial charge in [-0.25, -0.2) is 12.4 Å². The normalized spacial score (nSPS) is 12.4. The summed E-state index contributed by atoms with van der Waals surface area (Å²) in [6, 6.07) is 1.80. The number of hydrogen-bond donors (Lipinski definition) is 0. The first-order valence-electron chi connectivity index (χ1n) is 6.98. The molecule has 10 heteroatoms. The molecule has 0 unspecified atom stereocenters. The fraction of sp³-hybridized carbons (Fsp3) is 0.400. The number of alkyl halides is 3. The highest BCUT2D eigenvalue weighted by atomic mass is 32.2. The van der Waals surface area contributed by atoms with Crippen molar-refractivity contribution in [1.29, 1.82) is 0 Å². The molecule has 0 aliphatic heterocycles. The molecule has 0 spiro atoms. The Labute approximate surface area is 142 Å². The minimum atomic E-state index is -4.73. The summed E-state index contributed by atoms with van der Waals surface area (Å²) in [5.74, 6) is -1.11. The second kappa shape index (κ2) is 6.25. The van der Waals surface area contributed by atoms with E-state index in [-0.39, 0.29) is 28.6 Å². The Balaban J connectivity index is 2.96. The van der Waals surface area contributed by atoms with E-state index in [9.17, 15) is 26.4 Å². The maximum Gasteiger partial charge on any atom is 0.420 e. The predicted molar refractivity (Wildman–Crippen MR) is 84.2 cm³/mol. The molecule has 25 heavy (non-hydrogen) atoms. The lowest BCUT2D eigenvalue weighted by Gasteiger charge is -2.13. The lowest BCUT2D eigenvalue weighted by Crippen LogP contribution is -2.13. The number of carbonyl (C=O) groups is 1. The van der Waals surface area contributed by atoms with Gasteiger partial charge >= 0.3 is 12.1 Å². The van der Waals surface area contributed by atoms with Gasteiger partial charge in [-0.2, -0.15) is 13.2 Å². The highest BCUT2D eigenvalue weighted by Gasteiger charge is 2.36. The van der Waals surface area contributed by atoms with Crippen LogP contribution in [0.4, 0.5) is 13.2 Å². The van der Waals surface area contributed by atoms with Crippen LogP contribution in [0.1, 0.15) is 16.8 Å². The number of benzene rings is 1. The van der Waals surface area contributed by atoms with E-state index >= 15 is 0 Å². The summed E-state index contributed by atoms with van der Waals surface area (Å²) in [5, 5.41) is 0.179. The van der Waals surface area contributed by atoms with Crippen LogP contribution in [0.5, 0.6) is 5.75 Å². The summed E-state index contributed by atoms with van der Waals surface area (Å²) < 4.78 is 74.1. The molecule has 0 saturated carbocycles. The average molecular weight is 379 g/mol. The zero-order valence-electron chi connectivity index (χ0n) is 13.9. The van der Waals surface area contributed by atoms with Gasteiger partial charge in [-0.15, -0.1) is 0 Å². The topological polar surface area (TPSA) is 74.6 Å². The molecule has 138 valence electrons. The number of methoxy groups -OCH3 is 2. The van der Waals surface area contributed by atoms with E-state index in [2.05, 4.69) is 4.74 Å². The van der Waals surface area contributed by atoms with Gasteiger partial charge in [0, 0.05) is 11.1 Å². The van der Waals surface area contributed by atoms with Crippen molar-refractivity contribution in [3.05, 3.63) is 29.0 Å². The minimum Gasteiger partial charge on any atom is -0.496 e. The van der Waals surface area contributed by atoms with Crippen molar-refractivity contribution >= 4 is 26.9 Å². The zero-order valence-corrected chi connectivity index (χ0v) is 14.7. The molecule has 0 fully saturated rings. The first kappa shape index (κ1) is 19.1. The summed E-state index contributed by atoms with van der Waals surface area (Å²) >= 11 is 0. The van der Waals surface area contributed by atoms with E-state index in [0.29, 0.717) is 6.07 Å². The van der Waals surface area contributed by atoms with E-state index in [4.69, 9.17) is 4.74 Å². The second-order valence-corrected chi connectivity index (χ2v) is 7.24. The highest BCUT2D eigenvalue weighted by molar-refractivity contribution is 7.89. The van der Waals surface area contributed by atoms with Crippen LogP contribution >= 0.6 is 0 Å². The molecular formula is C15H16F3NO5S. The number of rotatable bonds is 4. The summed E-state index contributed by atoms with van der Waals surface area (Å²) in [6.07, 6.45) is -4.14. The molecule has 0 atom stereocenters. The summed E-state index contributed by atoms with van der Waals surface area (Å²) in [6.45, 7) is 1.42. The van der Waals surface area contributed by atoms with E-state index in [1.807, 2.05) is 0 Å². The summed E-state index contributed by atoms with van der Waals surface area (Å²) in [4.78, 5) is 11.6. The molecular weight excluding hydrogens is 363 g/mol. The van der Waals surface area contributed by atoms with Crippen LogP contribution in [0, 0.1) is 6.92 Å². The van der Waals surface area contributed by atoms with Gasteiger partial charge in [0.05, 0.1) is 38.0 Å². The molecule has 6 nitrogen and oxygen atoms in total. The summed E-state index contributed by atoms with van der Waals surface area (Å²) in [5.41, 5.74) is -0.870. The Morgan fingerprint density at radius 2 is 1.84 bits per heavy atom. The maximum atomic E-state index is 13.3. The second-order valence-electron chi connectivity index (χ2n) is 5.41. The van der Waals surface area contributed by atoms with Crippen molar-refractivity contribution in [1.82, 2.24) is 3.97 Å². The number of aromatic nitrogens is 1. The molecule has 1 aromatic carbocycles. The number of hydrogen-bond acceptors (Lipinski definition) is 5. The Kier molecular flexibility index (Phi) is 4.77. The smallest absolute Gasteiger partial charge is 0.420 e. The van der Waals surface area contributed by atoms with Crippen molar-refractivity contribution < 1.29 is 35.9 Å². The lowest BCUT2D eigenvalue weighted by molar-refractivity contribution is -0.140. The molecule has 0 radical (unpaired) electrons. The zero-order chi connectivity index (χ0) is 19.2. The monoisotopic (exact) mass is 379 g/mol. The highest BCUT2D eigenvalue weighted by Crippen LogP contribution is 2.41. The molecule has 1 heterocycles. The third-order valence-electron chi connectivity index (χ3n) is 3.79. The summed E-state index contributed by atoms with van der Waals surface area (Å²) in [7, 11) is -1.66. The van der Waals surface area contributed by atoms with Crippen molar-refractivity contribution in [2.24, 2.45) is 0 Å². The van der Waals surface area contributed by atoms with Gasteiger partial charge < -0.3 is 9.47 Å². The number of fused-ring (bicyclic) bond motifs is 1. The van der Waals surface area contributed by atoms with E-state index < -0.39 is 33.5 Å². The first-order chi connectivity index (χ1) is 11.4. The van der Waals surface area contributed by atoms with Gasteiger partial charge in [0.25, 0.3) is 0 Å². The van der Waals surface area contributed by atoms with Crippen LogP contribution in [0.25, 0.3) is 10.9 Å². The van der Waals surface area contributed by atoms with Crippen LogP contribution in [0.15, 0.2) is 12.1 Å². The molecule has 0 aliphatic rings. The third-order valence-corrected chi connectivity index (χ3v) is 4.92. The number of esters is 1. The number of ether oxygens (including phenoxy) is 2. The number of halogens is 3. The first-order valence-corrected chi connectivity index (χ1v) is 8.83. The van der Waals surface area contributed by atoms with Crippen LogP contribution in [0.2, 0.25) is 0 Å². The maximum absolute atomic E-state index is 13.3. The van der Waals surface area contributed by atoms with Crippen LogP contribution in [0.3, 0.4) is 0 Å². The fourth-order valence-electron chi connectivity index (χ4n) is 2.73. The van der Waals surface area contributed by atoms with Crippen molar-refractivity contribution in [3.8, 4) is 5.75 Å². The van der Waals surface area contributed by atoms with Gasteiger partial charge in [-0.3, -0.25) is 4.79 Å². The quantitative estimate of drug-likeness (QED) is 0.763. The minimum absolute atomic E-state index is 0.143. The van der Waals surface area contributed by atoms with Gasteiger partial charge in [-0.1, -0.05) is 0 Å². The molecule has 2 rings (SSSR count). The Hall–Kier alpha value is -2.23. The van der Waals surface area contributed by atoms with E-state index in [0.717, 1.165) is 30.5 Å². The molecule has 2 aromatic rings. The molecule has 0 aliphatic carbocycles. The molecule has 0 saturated heterocycles. The molecule has 0 amide bonds. The van der Waals surface area contributed by atoms with Crippen LogP contribution in [-0.4, -0.2) is 38.8 Å². The van der Waals surface area contributed by atoms with E-state index in [1.54, 1.807) is 0 Å². The van der Waals surface area contributed by atoms with Crippen molar-refractivity contribution in [3.63, 3.8) is 0 Å². The number of carbonyl (C=O) groups excluding carboxylic acids is 1. The number of nitrogens with zero attached hydrogens (tertiary/aromatic N) is 1. The molecule has 0 bridgehead atoms. The Bertz CT molecular complexity index is 944. The van der Waals surface area contributed by atoms with Gasteiger partial charge in [0.15, 0.2) is 0 Å². The standard InChI is InChI=1S/C15H16F3NO5S/c1-8-9(6-14(20)24-3)10-5-13(23-2)11(15(16,17)18)7-12(10)19(8)25(4,21)22/h5,7H,6H2,1-4H3.